The molecule has 0 heterocycles. The van der Waals surface area contributed by atoms with Crippen LogP contribution in [0.3, 0.4) is 0 Å². The summed E-state index contributed by atoms with van der Waals surface area (Å²) in [6.45, 7) is 4.39. The molecule has 3 nitrogen and oxygen atoms in total. The summed E-state index contributed by atoms with van der Waals surface area (Å²) in [7, 11) is 0. The van der Waals surface area contributed by atoms with Crippen molar-refractivity contribution in [2.75, 3.05) is 17.2 Å². The molecule has 0 saturated carbocycles. The number of rotatable bonds is 5. The lowest BCUT2D eigenvalue weighted by molar-refractivity contribution is -0.114. The lowest BCUT2D eigenvalue weighted by atomic mass is 10.0. The molecule has 0 aliphatic carbocycles. The van der Waals surface area contributed by atoms with Gasteiger partial charge < -0.3 is 10.6 Å². The van der Waals surface area contributed by atoms with Crippen LogP contribution in [0.5, 0.6) is 0 Å². The SMILES string of the molecule is CC(C)c1ccc(NC(=O)CNc2ccc(F)cc2)cc1. The first-order valence-corrected chi connectivity index (χ1v) is 6.94. The molecule has 0 aliphatic rings. The molecule has 0 radical (unpaired) electrons. The van der Waals surface area contributed by atoms with Crippen molar-refractivity contribution in [2.45, 2.75) is 19.8 Å². The quantitative estimate of drug-likeness (QED) is 0.872. The molecule has 0 spiro atoms. The molecular formula is C17H19FN2O. The molecule has 2 rings (SSSR count). The molecule has 0 aliphatic heterocycles. The number of halogens is 1. The highest BCUT2D eigenvalue weighted by molar-refractivity contribution is 5.93. The fraction of sp³-hybridized carbons (Fsp3) is 0.235. The normalized spacial score (nSPS) is 10.5. The molecule has 2 aromatic carbocycles. The largest absolute Gasteiger partial charge is 0.376 e. The Hall–Kier alpha value is -2.36. The number of benzene rings is 2. The zero-order chi connectivity index (χ0) is 15.2. The molecule has 2 aromatic rings. The van der Waals surface area contributed by atoms with Gasteiger partial charge in [-0.3, -0.25) is 4.79 Å². The van der Waals surface area contributed by atoms with E-state index in [1.165, 1.54) is 17.7 Å². The molecule has 0 unspecified atom stereocenters. The van der Waals surface area contributed by atoms with Crippen molar-refractivity contribution in [3.05, 3.63) is 59.9 Å². The zero-order valence-corrected chi connectivity index (χ0v) is 12.2. The van der Waals surface area contributed by atoms with Gasteiger partial charge in [0.25, 0.3) is 0 Å². The maximum absolute atomic E-state index is 12.8. The first kappa shape index (κ1) is 15.0. The first-order valence-electron chi connectivity index (χ1n) is 6.94. The molecule has 0 aromatic heterocycles. The van der Waals surface area contributed by atoms with E-state index in [0.29, 0.717) is 11.6 Å². The second-order valence-electron chi connectivity index (χ2n) is 5.19. The molecule has 0 bridgehead atoms. The van der Waals surface area contributed by atoms with Crippen molar-refractivity contribution in [3.8, 4) is 0 Å². The van der Waals surface area contributed by atoms with Gasteiger partial charge in [-0.2, -0.15) is 0 Å². The number of hydrogen-bond donors (Lipinski definition) is 2. The van der Waals surface area contributed by atoms with Gasteiger partial charge in [-0.25, -0.2) is 4.39 Å². The van der Waals surface area contributed by atoms with Crippen molar-refractivity contribution >= 4 is 17.3 Å². The maximum Gasteiger partial charge on any atom is 0.243 e. The predicted molar refractivity (Wildman–Crippen MR) is 84.1 cm³/mol. The Morgan fingerprint density at radius 3 is 2.14 bits per heavy atom. The number of carbonyl (C=O) groups is 1. The van der Waals surface area contributed by atoms with Gasteiger partial charge in [0.05, 0.1) is 6.54 Å². The highest BCUT2D eigenvalue weighted by Crippen LogP contribution is 2.17. The van der Waals surface area contributed by atoms with Gasteiger partial charge in [-0.05, 0) is 47.9 Å². The van der Waals surface area contributed by atoms with E-state index in [-0.39, 0.29) is 18.3 Å². The predicted octanol–water partition coefficient (Wildman–Crippen LogP) is 4.00. The zero-order valence-electron chi connectivity index (χ0n) is 12.2. The monoisotopic (exact) mass is 286 g/mol. The topological polar surface area (TPSA) is 41.1 Å². The van der Waals surface area contributed by atoms with Gasteiger partial charge in [0.2, 0.25) is 5.91 Å². The molecular weight excluding hydrogens is 267 g/mol. The van der Waals surface area contributed by atoms with E-state index in [0.717, 1.165) is 5.69 Å². The summed E-state index contributed by atoms with van der Waals surface area (Å²) in [6, 6.07) is 13.7. The van der Waals surface area contributed by atoms with Gasteiger partial charge in [0.1, 0.15) is 5.82 Å². The Labute approximate surface area is 124 Å². The van der Waals surface area contributed by atoms with E-state index in [1.54, 1.807) is 12.1 Å². The Kier molecular flexibility index (Phi) is 4.93. The second-order valence-corrected chi connectivity index (χ2v) is 5.19. The van der Waals surface area contributed by atoms with E-state index >= 15 is 0 Å². The van der Waals surface area contributed by atoms with Gasteiger partial charge in [0.15, 0.2) is 0 Å². The summed E-state index contributed by atoms with van der Waals surface area (Å²) in [6.07, 6.45) is 0. The van der Waals surface area contributed by atoms with E-state index in [1.807, 2.05) is 24.3 Å². The fourth-order valence-electron chi connectivity index (χ4n) is 1.91. The van der Waals surface area contributed by atoms with Crippen molar-refractivity contribution < 1.29 is 9.18 Å². The average Bonchev–Trinajstić information content (AvgIpc) is 2.47. The van der Waals surface area contributed by atoms with E-state index in [9.17, 15) is 9.18 Å². The van der Waals surface area contributed by atoms with Crippen LogP contribution in [0.2, 0.25) is 0 Å². The Balaban J connectivity index is 1.85. The fourth-order valence-corrected chi connectivity index (χ4v) is 1.91. The number of amides is 1. The average molecular weight is 286 g/mol. The minimum absolute atomic E-state index is 0.136. The molecule has 0 atom stereocenters. The van der Waals surface area contributed by atoms with Crippen molar-refractivity contribution in [2.24, 2.45) is 0 Å². The molecule has 2 N–H and O–H groups in total. The van der Waals surface area contributed by atoms with Crippen LogP contribution in [-0.4, -0.2) is 12.5 Å². The minimum Gasteiger partial charge on any atom is -0.376 e. The lowest BCUT2D eigenvalue weighted by Crippen LogP contribution is -2.21. The van der Waals surface area contributed by atoms with Crippen LogP contribution in [-0.2, 0) is 4.79 Å². The van der Waals surface area contributed by atoms with Crippen LogP contribution in [0.1, 0.15) is 25.3 Å². The first-order chi connectivity index (χ1) is 10.0. The third-order valence-electron chi connectivity index (χ3n) is 3.16. The summed E-state index contributed by atoms with van der Waals surface area (Å²) in [5.74, 6) is 0.0294. The van der Waals surface area contributed by atoms with Gasteiger partial charge in [-0.1, -0.05) is 26.0 Å². The summed E-state index contributed by atoms with van der Waals surface area (Å²) in [4.78, 5) is 11.8. The maximum atomic E-state index is 12.8. The highest BCUT2D eigenvalue weighted by Gasteiger charge is 2.03. The third kappa shape index (κ3) is 4.60. The summed E-state index contributed by atoms with van der Waals surface area (Å²) >= 11 is 0. The molecule has 0 fully saturated rings. The molecule has 21 heavy (non-hydrogen) atoms. The number of hydrogen-bond acceptors (Lipinski definition) is 2. The Bertz CT molecular complexity index is 591. The van der Waals surface area contributed by atoms with E-state index in [4.69, 9.17) is 0 Å². The van der Waals surface area contributed by atoms with Crippen LogP contribution >= 0.6 is 0 Å². The molecule has 1 amide bonds. The van der Waals surface area contributed by atoms with Gasteiger partial charge in [-0.15, -0.1) is 0 Å². The molecule has 4 heteroatoms. The lowest BCUT2D eigenvalue weighted by Gasteiger charge is -2.09. The Morgan fingerprint density at radius 1 is 1.00 bits per heavy atom. The minimum atomic E-state index is -0.296. The van der Waals surface area contributed by atoms with Gasteiger partial charge >= 0.3 is 0 Å². The summed E-state index contributed by atoms with van der Waals surface area (Å²) in [5.41, 5.74) is 2.71. The standard InChI is InChI=1S/C17H19FN2O/c1-12(2)13-3-7-16(8-4-13)20-17(21)11-19-15-9-5-14(18)6-10-15/h3-10,12,19H,11H2,1-2H3,(H,20,21). The van der Waals surface area contributed by atoms with Crippen LogP contribution < -0.4 is 10.6 Å². The second kappa shape index (κ2) is 6.88. The highest BCUT2D eigenvalue weighted by atomic mass is 19.1. The smallest absolute Gasteiger partial charge is 0.243 e. The molecule has 110 valence electrons. The third-order valence-corrected chi connectivity index (χ3v) is 3.16. The van der Waals surface area contributed by atoms with E-state index in [2.05, 4.69) is 24.5 Å². The van der Waals surface area contributed by atoms with Crippen molar-refractivity contribution in [3.63, 3.8) is 0 Å². The number of anilines is 2. The van der Waals surface area contributed by atoms with Crippen LogP contribution in [0.15, 0.2) is 48.5 Å². The number of carbonyl (C=O) groups excluding carboxylic acids is 1. The van der Waals surface area contributed by atoms with Crippen LogP contribution in [0.4, 0.5) is 15.8 Å². The van der Waals surface area contributed by atoms with Crippen LogP contribution in [0, 0.1) is 5.82 Å². The summed E-state index contributed by atoms with van der Waals surface area (Å²) in [5, 5.41) is 5.76. The molecule has 0 saturated heterocycles. The summed E-state index contributed by atoms with van der Waals surface area (Å²) < 4.78 is 12.8. The van der Waals surface area contributed by atoms with Crippen molar-refractivity contribution in [1.29, 1.82) is 0 Å². The van der Waals surface area contributed by atoms with Gasteiger partial charge in [0, 0.05) is 11.4 Å². The Morgan fingerprint density at radius 2 is 1.57 bits per heavy atom. The number of nitrogens with one attached hydrogen (secondary N) is 2. The van der Waals surface area contributed by atoms with Crippen LogP contribution in [0.25, 0.3) is 0 Å². The van der Waals surface area contributed by atoms with E-state index < -0.39 is 0 Å². The van der Waals surface area contributed by atoms with Crippen molar-refractivity contribution in [1.82, 2.24) is 0 Å².